The second kappa shape index (κ2) is 9.96. The Morgan fingerprint density at radius 3 is 2.68 bits per heavy atom. The van der Waals surface area contributed by atoms with Crippen molar-refractivity contribution >= 4 is 17.7 Å². The molecule has 0 spiro atoms. The molecule has 1 aliphatic carbocycles. The van der Waals surface area contributed by atoms with Crippen LogP contribution in [0.3, 0.4) is 0 Å². The number of rotatable bonds is 8. The number of aromatic nitrogens is 3. The summed E-state index contributed by atoms with van der Waals surface area (Å²) in [5.41, 5.74) is 2.30. The zero-order chi connectivity index (χ0) is 19.9. The molecule has 0 bridgehead atoms. The van der Waals surface area contributed by atoms with Crippen LogP contribution in [0, 0.1) is 12.8 Å². The van der Waals surface area contributed by atoms with E-state index in [0.29, 0.717) is 11.7 Å². The Labute approximate surface area is 171 Å². The number of hydrogen-bond donors (Lipinski definition) is 2. The largest absolute Gasteiger partial charge is 0.351 e. The first-order chi connectivity index (χ1) is 13.5. The van der Waals surface area contributed by atoms with E-state index in [1.807, 2.05) is 38.1 Å². The lowest BCUT2D eigenvalue weighted by atomic mass is 9.86. The van der Waals surface area contributed by atoms with Crippen molar-refractivity contribution in [3.63, 3.8) is 0 Å². The third kappa shape index (κ3) is 5.74. The molecule has 0 unspecified atom stereocenters. The monoisotopic (exact) mass is 401 g/mol. The van der Waals surface area contributed by atoms with Crippen LogP contribution >= 0.6 is 11.8 Å². The van der Waals surface area contributed by atoms with Crippen LogP contribution in [-0.4, -0.2) is 26.0 Å². The summed E-state index contributed by atoms with van der Waals surface area (Å²) in [5, 5.41) is 11.7. The lowest BCUT2D eigenvalue weighted by molar-refractivity contribution is -0.120. The van der Waals surface area contributed by atoms with Crippen molar-refractivity contribution in [2.24, 2.45) is 5.92 Å². The van der Waals surface area contributed by atoms with E-state index in [0.717, 1.165) is 30.1 Å². The Balaban J connectivity index is 1.47. The van der Waals surface area contributed by atoms with Gasteiger partial charge in [0, 0.05) is 13.0 Å². The van der Waals surface area contributed by atoms with E-state index >= 15 is 0 Å². The number of nitrogen functional groups attached to an aromatic ring is 1. The highest BCUT2D eigenvalue weighted by atomic mass is 32.2. The quantitative estimate of drug-likeness (QED) is 0.521. The van der Waals surface area contributed by atoms with Crippen molar-refractivity contribution in [1.29, 1.82) is 0 Å². The average molecular weight is 402 g/mol. The van der Waals surface area contributed by atoms with Crippen molar-refractivity contribution in [1.82, 2.24) is 20.2 Å². The van der Waals surface area contributed by atoms with Crippen LogP contribution in [0.4, 0.5) is 0 Å². The summed E-state index contributed by atoms with van der Waals surface area (Å²) >= 11 is 1.35. The van der Waals surface area contributed by atoms with Gasteiger partial charge in [0.05, 0.1) is 5.25 Å². The van der Waals surface area contributed by atoms with E-state index in [9.17, 15) is 4.79 Å². The summed E-state index contributed by atoms with van der Waals surface area (Å²) in [6.45, 7) is 4.44. The summed E-state index contributed by atoms with van der Waals surface area (Å²) in [7, 11) is 0. The molecule has 1 amide bonds. The van der Waals surface area contributed by atoms with Crippen molar-refractivity contribution in [2.45, 2.75) is 75.7 Å². The zero-order valence-electron chi connectivity index (χ0n) is 16.9. The van der Waals surface area contributed by atoms with Crippen LogP contribution in [0.2, 0.25) is 0 Å². The molecule has 0 aliphatic heterocycles. The normalized spacial score (nSPS) is 16.1. The number of thioether (sulfide) groups is 1. The Morgan fingerprint density at radius 1 is 1.25 bits per heavy atom. The highest BCUT2D eigenvalue weighted by Gasteiger charge is 2.20. The molecule has 0 radical (unpaired) electrons. The fourth-order valence-electron chi connectivity index (χ4n) is 3.62. The minimum Gasteiger partial charge on any atom is -0.351 e. The molecule has 1 aliphatic rings. The minimum absolute atomic E-state index is 0.0302. The molecule has 2 aromatic rings. The number of hydrogen-bond acceptors (Lipinski definition) is 5. The van der Waals surface area contributed by atoms with E-state index in [2.05, 4.69) is 15.5 Å². The average Bonchev–Trinajstić information content (AvgIpc) is 3.06. The fourth-order valence-corrected chi connectivity index (χ4v) is 4.43. The lowest BCUT2D eigenvalue weighted by Gasteiger charge is -2.20. The van der Waals surface area contributed by atoms with Crippen molar-refractivity contribution in [3.05, 3.63) is 41.2 Å². The fraction of sp³-hybridized carbons (Fsp3) is 0.571. The Hall–Kier alpha value is -2.02. The molecule has 1 aromatic heterocycles. The van der Waals surface area contributed by atoms with E-state index in [-0.39, 0.29) is 11.2 Å². The van der Waals surface area contributed by atoms with Crippen molar-refractivity contribution < 1.29 is 4.79 Å². The molecule has 7 heteroatoms. The molecule has 1 atom stereocenters. The number of carbonyl (C=O) groups is 1. The number of aryl methyl sites for hydroxylation is 2. The number of benzene rings is 1. The number of nitrogens with zero attached hydrogens (tertiary/aromatic N) is 3. The van der Waals surface area contributed by atoms with Gasteiger partial charge in [-0.2, -0.15) is 0 Å². The first-order valence-corrected chi connectivity index (χ1v) is 11.1. The van der Waals surface area contributed by atoms with Gasteiger partial charge in [-0.3, -0.25) is 4.79 Å². The first kappa shape index (κ1) is 20.7. The summed E-state index contributed by atoms with van der Waals surface area (Å²) in [6.07, 6.45) is 8.66. The molecule has 1 heterocycles. The maximum atomic E-state index is 12.4. The van der Waals surface area contributed by atoms with Gasteiger partial charge >= 0.3 is 0 Å². The molecule has 152 valence electrons. The second-order valence-electron chi connectivity index (χ2n) is 7.77. The standard InChI is InChI=1S/C21H31N5OS/c1-15-8-10-18(11-9-15)14-23-20(27)16(2)28-21-25-24-19(26(21)22)13-12-17-6-4-3-5-7-17/h8-11,16-17H,3-7,12-14,22H2,1-2H3,(H,23,27)/t16-/m1/s1. The molecule has 3 rings (SSSR count). The molecule has 1 fully saturated rings. The van der Waals surface area contributed by atoms with Gasteiger partial charge in [-0.25, -0.2) is 4.68 Å². The van der Waals surface area contributed by atoms with Crippen molar-refractivity contribution in [3.8, 4) is 0 Å². The molecule has 0 saturated heterocycles. The van der Waals surface area contributed by atoms with Crippen LogP contribution in [0.1, 0.15) is 62.4 Å². The van der Waals surface area contributed by atoms with Gasteiger partial charge in [-0.1, -0.05) is 73.7 Å². The highest BCUT2D eigenvalue weighted by Crippen LogP contribution is 2.28. The molecule has 3 N–H and O–H groups in total. The second-order valence-corrected chi connectivity index (χ2v) is 9.08. The molecule has 6 nitrogen and oxygen atoms in total. The van der Waals surface area contributed by atoms with Crippen LogP contribution in [0.5, 0.6) is 0 Å². The lowest BCUT2D eigenvalue weighted by Crippen LogP contribution is -2.31. The number of carbonyl (C=O) groups excluding carboxylic acids is 1. The number of nitrogens with two attached hydrogens (primary N) is 1. The molecule has 1 aromatic carbocycles. The predicted octanol–water partition coefficient (Wildman–Crippen LogP) is 3.61. The predicted molar refractivity (Wildman–Crippen MR) is 113 cm³/mol. The molecule has 1 saturated carbocycles. The maximum absolute atomic E-state index is 12.4. The van der Waals surface area contributed by atoms with Gasteiger partial charge in [0.2, 0.25) is 11.1 Å². The van der Waals surface area contributed by atoms with Crippen molar-refractivity contribution in [2.75, 3.05) is 5.84 Å². The van der Waals surface area contributed by atoms with Gasteiger partial charge in [0.1, 0.15) is 0 Å². The van der Waals surface area contributed by atoms with E-state index in [4.69, 9.17) is 5.84 Å². The molecule has 28 heavy (non-hydrogen) atoms. The highest BCUT2D eigenvalue weighted by molar-refractivity contribution is 8.00. The third-order valence-corrected chi connectivity index (χ3v) is 6.53. The van der Waals surface area contributed by atoms with Gasteiger partial charge in [-0.05, 0) is 31.7 Å². The summed E-state index contributed by atoms with van der Waals surface area (Å²) in [6, 6.07) is 8.15. The minimum atomic E-state index is -0.289. The van der Waals surface area contributed by atoms with Crippen LogP contribution in [0.15, 0.2) is 29.4 Å². The first-order valence-electron chi connectivity index (χ1n) is 10.2. The molecular formula is C21H31N5OS. The third-order valence-electron chi connectivity index (χ3n) is 5.47. The SMILES string of the molecule is Cc1ccc(CNC(=O)[C@@H](C)Sc2nnc(CCC3CCCCC3)n2N)cc1. The van der Waals surface area contributed by atoms with Gasteiger partial charge in [0.15, 0.2) is 5.82 Å². The Bertz CT molecular complexity index is 768. The summed E-state index contributed by atoms with van der Waals surface area (Å²) < 4.78 is 1.55. The van der Waals surface area contributed by atoms with E-state index in [1.54, 1.807) is 4.68 Å². The summed E-state index contributed by atoms with van der Waals surface area (Å²) in [4.78, 5) is 12.4. The Kier molecular flexibility index (Phi) is 7.36. The molecular weight excluding hydrogens is 370 g/mol. The van der Waals surface area contributed by atoms with Gasteiger partial charge in [0.25, 0.3) is 0 Å². The van der Waals surface area contributed by atoms with Crippen LogP contribution in [0.25, 0.3) is 0 Å². The zero-order valence-corrected chi connectivity index (χ0v) is 17.7. The van der Waals surface area contributed by atoms with Gasteiger partial charge in [-0.15, -0.1) is 10.2 Å². The maximum Gasteiger partial charge on any atom is 0.233 e. The number of nitrogens with one attached hydrogen (secondary N) is 1. The Morgan fingerprint density at radius 2 is 1.96 bits per heavy atom. The van der Waals surface area contributed by atoms with Gasteiger partial charge < -0.3 is 11.2 Å². The van der Waals surface area contributed by atoms with Crippen LogP contribution in [-0.2, 0) is 17.8 Å². The summed E-state index contributed by atoms with van der Waals surface area (Å²) in [5.74, 6) is 7.75. The topological polar surface area (TPSA) is 85.8 Å². The van der Waals surface area contributed by atoms with E-state index in [1.165, 1.54) is 49.4 Å². The number of amides is 1. The van der Waals surface area contributed by atoms with Crippen LogP contribution < -0.4 is 11.2 Å². The smallest absolute Gasteiger partial charge is 0.233 e. The van der Waals surface area contributed by atoms with E-state index < -0.39 is 0 Å².